The molecule has 4 heterocycles. The van der Waals surface area contributed by atoms with E-state index in [0.717, 1.165) is 110 Å². The molecule has 0 saturated carbocycles. The van der Waals surface area contributed by atoms with Crippen molar-refractivity contribution in [3.8, 4) is 5.69 Å². The van der Waals surface area contributed by atoms with E-state index >= 15 is 4.39 Å². The zero-order chi connectivity index (χ0) is 38.8. The van der Waals surface area contributed by atoms with Gasteiger partial charge in [0, 0.05) is 65.3 Å². The van der Waals surface area contributed by atoms with E-state index < -0.39 is 0 Å². The van der Waals surface area contributed by atoms with Gasteiger partial charge in [-0.2, -0.15) is 0 Å². The Morgan fingerprint density at radius 3 is 2.15 bits per heavy atom. The van der Waals surface area contributed by atoms with Crippen LogP contribution in [0.25, 0.3) is 17.5 Å². The number of rotatable bonds is 7. The Balaban J connectivity index is 0.00000107. The monoisotopic (exact) mass is 729 g/mol. The van der Waals surface area contributed by atoms with Crippen molar-refractivity contribution in [3.63, 3.8) is 0 Å². The van der Waals surface area contributed by atoms with Crippen molar-refractivity contribution in [3.05, 3.63) is 150 Å². The van der Waals surface area contributed by atoms with Gasteiger partial charge in [-0.1, -0.05) is 76.0 Å². The first-order valence-electron chi connectivity index (χ1n) is 19.5. The van der Waals surface area contributed by atoms with Crippen LogP contribution >= 0.6 is 0 Å². The van der Waals surface area contributed by atoms with Crippen LogP contribution in [0, 0.1) is 12.7 Å². The summed E-state index contributed by atoms with van der Waals surface area (Å²) in [4.78, 5) is 5.05. The van der Waals surface area contributed by atoms with Crippen LogP contribution in [0.3, 0.4) is 0 Å². The summed E-state index contributed by atoms with van der Waals surface area (Å²) in [6.45, 7) is 21.5. The van der Waals surface area contributed by atoms with E-state index in [9.17, 15) is 0 Å². The van der Waals surface area contributed by atoms with E-state index in [-0.39, 0.29) is 11.7 Å². The maximum atomic E-state index is 15.3. The second-order valence-electron chi connectivity index (χ2n) is 14.3. The third kappa shape index (κ3) is 9.29. The average Bonchev–Trinajstić information content (AvgIpc) is 3.55. The van der Waals surface area contributed by atoms with Crippen molar-refractivity contribution < 1.29 is 4.39 Å². The lowest BCUT2D eigenvalue weighted by Gasteiger charge is -2.42. The second-order valence-corrected chi connectivity index (χ2v) is 14.3. The van der Waals surface area contributed by atoms with Crippen molar-refractivity contribution in [2.45, 2.75) is 77.2 Å². The Bertz CT molecular complexity index is 1910. The van der Waals surface area contributed by atoms with Gasteiger partial charge in [0.1, 0.15) is 5.82 Å². The van der Waals surface area contributed by atoms with Crippen LogP contribution in [0.5, 0.6) is 0 Å². The van der Waals surface area contributed by atoms with Gasteiger partial charge in [0.05, 0.1) is 11.4 Å². The number of likely N-dealkylation sites (tertiary alicyclic amines) is 1. The fraction of sp³-hybridized carbons (Fsp3) is 0.348. The maximum absolute atomic E-state index is 15.3. The normalized spacial score (nSPS) is 18.6. The summed E-state index contributed by atoms with van der Waals surface area (Å²) in [6, 6.07) is 25.4. The smallest absolute Gasteiger partial charge is 0.129 e. The summed E-state index contributed by atoms with van der Waals surface area (Å²) in [5, 5.41) is 3.22. The molecule has 7 N–H and O–H groups in total. The Kier molecular flexibility index (Phi) is 13.9. The molecule has 7 rings (SSSR count). The van der Waals surface area contributed by atoms with Gasteiger partial charge in [0.15, 0.2) is 0 Å². The van der Waals surface area contributed by atoms with Gasteiger partial charge in [-0.3, -0.25) is 0 Å². The molecule has 3 aliphatic heterocycles. The Labute approximate surface area is 322 Å². The molecular weight excluding hydrogens is 670 g/mol. The average molecular weight is 730 g/mol. The molecule has 0 bridgehead atoms. The summed E-state index contributed by atoms with van der Waals surface area (Å²) in [6.07, 6.45) is 11.5. The Hall–Kier alpha value is -5.21. The summed E-state index contributed by atoms with van der Waals surface area (Å²) in [5.41, 5.74) is 28.0. The van der Waals surface area contributed by atoms with E-state index in [4.69, 9.17) is 11.5 Å². The number of nitrogen functional groups attached to an aromatic ring is 1. The molecule has 1 aromatic heterocycles. The Morgan fingerprint density at radius 2 is 1.52 bits per heavy atom. The lowest BCUT2D eigenvalue weighted by molar-refractivity contribution is 0.132. The largest absolute Gasteiger partial charge is 0.405 e. The standard InChI is InChI=1S/C42H49FN6.C2H5N.C2H6/c1-28-6-4-5-7-36(28)41(45)27-42-40(44)20-25-49(42)34-11-9-31(10-12-34)32-16-21-47(22-17-32)33-18-23-48(24-19-33)35-13-15-38(39(43)26-35)37-14-8-29(2)46-30(37)3;1-2-3;1-2/h4-7,9-13,15,20,25-27,32-33,37,46H,2-3,8,14,16-19,21-24,44-45H2,1H3;2H,1,3H2;1-2H3/b41-27-;;. The van der Waals surface area contributed by atoms with Crippen LogP contribution in [0.1, 0.15) is 92.2 Å². The topological polar surface area (TPSA) is 102 Å². The fourth-order valence-corrected chi connectivity index (χ4v) is 8.16. The maximum Gasteiger partial charge on any atom is 0.129 e. The van der Waals surface area contributed by atoms with Gasteiger partial charge in [0.2, 0.25) is 0 Å². The molecular formula is C46H60FN7. The number of hydrogen-bond acceptors (Lipinski definition) is 6. The van der Waals surface area contributed by atoms with Crippen molar-refractivity contribution in [1.29, 1.82) is 0 Å². The lowest BCUT2D eigenvalue weighted by Crippen LogP contribution is -2.47. The molecule has 0 radical (unpaired) electrons. The van der Waals surface area contributed by atoms with E-state index in [1.54, 1.807) is 6.07 Å². The zero-order valence-corrected chi connectivity index (χ0v) is 32.5. The highest BCUT2D eigenvalue weighted by atomic mass is 19.1. The predicted molar refractivity (Wildman–Crippen MR) is 228 cm³/mol. The van der Waals surface area contributed by atoms with Crippen LogP contribution in [0.4, 0.5) is 15.8 Å². The molecule has 3 fully saturated rings. The van der Waals surface area contributed by atoms with Crippen molar-refractivity contribution >= 4 is 23.1 Å². The molecule has 8 heteroatoms. The molecule has 3 aromatic carbocycles. The third-order valence-electron chi connectivity index (χ3n) is 11.1. The van der Waals surface area contributed by atoms with Crippen LogP contribution in [-0.4, -0.2) is 41.7 Å². The van der Waals surface area contributed by atoms with Gasteiger partial charge in [-0.05, 0) is 124 Å². The summed E-state index contributed by atoms with van der Waals surface area (Å²) >= 11 is 0. The number of nitrogens with two attached hydrogens (primary N) is 3. The number of nitrogens with zero attached hydrogens (tertiary/aromatic N) is 3. The molecule has 3 saturated heterocycles. The summed E-state index contributed by atoms with van der Waals surface area (Å²) < 4.78 is 17.4. The summed E-state index contributed by atoms with van der Waals surface area (Å²) in [5.74, 6) is 0.425. The van der Waals surface area contributed by atoms with Gasteiger partial charge >= 0.3 is 0 Å². The van der Waals surface area contributed by atoms with E-state index in [1.165, 1.54) is 11.8 Å². The molecule has 1 atom stereocenters. The van der Waals surface area contributed by atoms with Crippen LogP contribution in [0.2, 0.25) is 0 Å². The second kappa shape index (κ2) is 18.7. The molecule has 7 nitrogen and oxygen atoms in total. The number of aromatic nitrogens is 1. The minimum absolute atomic E-state index is 0.00496. The number of piperidine rings is 3. The number of halogens is 1. The first-order chi connectivity index (χ1) is 26.2. The number of allylic oxidation sites excluding steroid dienone is 2. The molecule has 0 amide bonds. The van der Waals surface area contributed by atoms with Gasteiger partial charge in [-0.15, -0.1) is 0 Å². The van der Waals surface area contributed by atoms with Crippen molar-refractivity contribution in [1.82, 2.24) is 14.8 Å². The van der Waals surface area contributed by atoms with Gasteiger partial charge in [0.25, 0.3) is 0 Å². The fourth-order valence-electron chi connectivity index (χ4n) is 8.16. The van der Waals surface area contributed by atoms with Gasteiger partial charge < -0.3 is 36.9 Å². The van der Waals surface area contributed by atoms with E-state index in [1.807, 2.05) is 56.5 Å². The number of nitrogens with one attached hydrogen (secondary N) is 1. The highest BCUT2D eigenvalue weighted by Gasteiger charge is 2.30. The third-order valence-corrected chi connectivity index (χ3v) is 11.1. The molecule has 4 aromatic rings. The minimum Gasteiger partial charge on any atom is -0.405 e. The molecule has 0 aliphatic carbocycles. The van der Waals surface area contributed by atoms with Crippen LogP contribution < -0.4 is 27.4 Å². The van der Waals surface area contributed by atoms with Crippen molar-refractivity contribution in [2.75, 3.05) is 36.8 Å². The lowest BCUT2D eigenvalue weighted by atomic mass is 9.87. The van der Waals surface area contributed by atoms with E-state index in [2.05, 4.69) is 88.5 Å². The quantitative estimate of drug-likeness (QED) is 0.151. The number of hydrogen-bond donors (Lipinski definition) is 4. The van der Waals surface area contributed by atoms with Gasteiger partial charge in [-0.25, -0.2) is 4.39 Å². The zero-order valence-electron chi connectivity index (χ0n) is 32.5. The molecule has 1 unspecified atom stereocenters. The minimum atomic E-state index is -0.132. The number of benzene rings is 3. The highest BCUT2D eigenvalue weighted by Crippen LogP contribution is 2.37. The molecule has 54 heavy (non-hydrogen) atoms. The first-order valence-corrected chi connectivity index (χ1v) is 19.5. The van der Waals surface area contributed by atoms with E-state index in [0.29, 0.717) is 23.3 Å². The van der Waals surface area contributed by atoms with Crippen LogP contribution in [0.15, 0.2) is 116 Å². The molecule has 3 aliphatic rings. The van der Waals surface area contributed by atoms with Crippen molar-refractivity contribution in [2.24, 2.45) is 11.5 Å². The highest BCUT2D eigenvalue weighted by molar-refractivity contribution is 5.83. The number of anilines is 2. The predicted octanol–water partition coefficient (Wildman–Crippen LogP) is 9.42. The Morgan fingerprint density at radius 1 is 0.870 bits per heavy atom. The van der Waals surface area contributed by atoms with Crippen LogP contribution in [-0.2, 0) is 0 Å². The molecule has 286 valence electrons. The number of aryl methyl sites for hydroxylation is 1. The summed E-state index contributed by atoms with van der Waals surface area (Å²) in [7, 11) is 0. The SMILES string of the molecule is C=C1CCC(c2ccc(N3CCC(N4CCC(c5ccc(-n6ccc(N)c6/C=C(\N)c6ccccc6C)cc5)CC4)CC3)cc2F)C(=C)N1.C=CN.CC. The molecule has 0 spiro atoms. The first kappa shape index (κ1) is 40.0.